The van der Waals surface area contributed by atoms with E-state index in [4.69, 9.17) is 14.2 Å². The monoisotopic (exact) mass is 865 g/mol. The van der Waals surface area contributed by atoms with Crippen LogP contribution in [0.4, 0.5) is 5.69 Å². The molecular formula is C33H29I2N3O7S. The molecule has 1 aliphatic rings. The third-order valence-electron chi connectivity index (χ3n) is 6.94. The quantitative estimate of drug-likeness (QED) is 0.0797. The Kier molecular flexibility index (Phi) is 10.6. The average molecular weight is 865 g/mol. The van der Waals surface area contributed by atoms with E-state index in [1.54, 1.807) is 30.5 Å². The summed E-state index contributed by atoms with van der Waals surface area (Å²) in [5.74, 6) is 0.715. The van der Waals surface area contributed by atoms with Crippen LogP contribution in [0.15, 0.2) is 81.7 Å². The lowest BCUT2D eigenvalue weighted by Gasteiger charge is -2.26. The number of para-hydroxylation sites is 1. The number of nitro groups is 1. The number of thiazole rings is 1. The van der Waals surface area contributed by atoms with Gasteiger partial charge in [0.25, 0.3) is 11.2 Å². The van der Waals surface area contributed by atoms with Crippen molar-refractivity contribution in [2.24, 2.45) is 4.99 Å². The van der Waals surface area contributed by atoms with Crippen molar-refractivity contribution >= 4 is 74.3 Å². The van der Waals surface area contributed by atoms with Crippen LogP contribution in [0.3, 0.4) is 0 Å². The molecule has 13 heteroatoms. The number of rotatable bonds is 10. The van der Waals surface area contributed by atoms with Crippen molar-refractivity contribution in [3.8, 4) is 11.5 Å². The minimum atomic E-state index is -0.789. The van der Waals surface area contributed by atoms with Crippen LogP contribution in [0.25, 0.3) is 6.08 Å². The van der Waals surface area contributed by atoms with Gasteiger partial charge >= 0.3 is 5.97 Å². The highest BCUT2D eigenvalue weighted by Crippen LogP contribution is 2.36. The van der Waals surface area contributed by atoms with Gasteiger partial charge in [-0.3, -0.25) is 19.5 Å². The number of fused-ring (bicyclic) bond motifs is 1. The molecule has 0 N–H and O–H groups in total. The predicted molar refractivity (Wildman–Crippen MR) is 192 cm³/mol. The summed E-state index contributed by atoms with van der Waals surface area (Å²) >= 11 is 5.63. The molecular weight excluding hydrogens is 836 g/mol. The molecule has 0 aliphatic carbocycles. The Labute approximate surface area is 295 Å². The Hall–Kier alpha value is -3.57. The second-order valence-corrected chi connectivity index (χ2v) is 13.9. The van der Waals surface area contributed by atoms with E-state index in [0.717, 1.165) is 18.3 Å². The smallest absolute Gasteiger partial charge is 0.338 e. The standard InChI is InChI=1S/C33H29I2N3O7S/c1-5-43-32(40)28-19(4)36-33-37(29(28)23-8-6-7-9-26(23)45-18(2)3)31(39)27(46-33)16-21-14-24(34)30(25(35)15-21)44-17-20-10-12-22(13-11-20)38(41)42/h6-16,18,29H,5,17H2,1-4H3/b27-16+/t29-/m0/s1. The van der Waals surface area contributed by atoms with Gasteiger partial charge in [-0.05, 0) is 120 Å². The van der Waals surface area contributed by atoms with E-state index in [0.29, 0.717) is 37.7 Å². The SMILES string of the molecule is CCOC(=O)C1=C(C)N=c2s/c(=C/c3cc(I)c(OCc4ccc([N+](=O)[O-])cc4)c(I)c3)c(=O)n2[C@H]1c1ccccc1OC(C)C. The van der Waals surface area contributed by atoms with Crippen LogP contribution in [0, 0.1) is 17.3 Å². The van der Waals surface area contributed by atoms with Gasteiger partial charge in [0.15, 0.2) is 4.80 Å². The molecule has 0 unspecified atom stereocenters. The minimum Gasteiger partial charge on any atom is -0.491 e. The van der Waals surface area contributed by atoms with E-state index < -0.39 is 16.9 Å². The Morgan fingerprint density at radius 3 is 2.43 bits per heavy atom. The number of aromatic nitrogens is 1. The van der Waals surface area contributed by atoms with E-state index in [1.807, 2.05) is 56.3 Å². The van der Waals surface area contributed by atoms with E-state index >= 15 is 0 Å². The Morgan fingerprint density at radius 1 is 1.13 bits per heavy atom. The molecule has 238 valence electrons. The number of hydrogen-bond acceptors (Lipinski definition) is 9. The molecule has 0 fully saturated rings. The molecule has 0 saturated heterocycles. The predicted octanol–water partition coefficient (Wildman–Crippen LogP) is 6.28. The highest BCUT2D eigenvalue weighted by atomic mass is 127. The maximum Gasteiger partial charge on any atom is 0.338 e. The van der Waals surface area contributed by atoms with E-state index in [1.165, 1.54) is 23.5 Å². The highest BCUT2D eigenvalue weighted by molar-refractivity contribution is 14.1. The van der Waals surface area contributed by atoms with Gasteiger partial charge in [-0.2, -0.15) is 0 Å². The third-order valence-corrected chi connectivity index (χ3v) is 9.53. The largest absolute Gasteiger partial charge is 0.491 e. The van der Waals surface area contributed by atoms with Crippen LogP contribution < -0.4 is 24.4 Å². The normalized spacial score (nSPS) is 14.6. The zero-order valence-corrected chi connectivity index (χ0v) is 30.4. The molecule has 5 rings (SSSR count). The summed E-state index contributed by atoms with van der Waals surface area (Å²) in [6, 6.07) is 16.7. The van der Waals surface area contributed by atoms with Crippen molar-refractivity contribution in [2.45, 2.75) is 46.4 Å². The zero-order chi connectivity index (χ0) is 33.1. The first-order valence-corrected chi connectivity index (χ1v) is 17.3. The van der Waals surface area contributed by atoms with E-state index in [9.17, 15) is 19.7 Å². The Bertz CT molecular complexity index is 2010. The van der Waals surface area contributed by atoms with Gasteiger partial charge in [-0.25, -0.2) is 9.79 Å². The number of carbonyl (C=O) groups excluding carboxylic acids is 1. The van der Waals surface area contributed by atoms with Crippen molar-refractivity contribution < 1.29 is 23.9 Å². The first-order valence-electron chi connectivity index (χ1n) is 14.3. The number of allylic oxidation sites excluding steroid dienone is 1. The summed E-state index contributed by atoms with van der Waals surface area (Å²) in [7, 11) is 0. The van der Waals surface area contributed by atoms with Crippen molar-refractivity contribution in [3.05, 3.63) is 126 Å². The van der Waals surface area contributed by atoms with Crippen LogP contribution in [-0.2, 0) is 16.1 Å². The highest BCUT2D eigenvalue weighted by Gasteiger charge is 2.35. The van der Waals surface area contributed by atoms with Gasteiger partial charge in [-0.1, -0.05) is 29.5 Å². The van der Waals surface area contributed by atoms with Crippen molar-refractivity contribution in [2.75, 3.05) is 6.61 Å². The summed E-state index contributed by atoms with van der Waals surface area (Å²) in [4.78, 5) is 43.1. The number of benzene rings is 3. The number of hydrogen-bond donors (Lipinski definition) is 0. The van der Waals surface area contributed by atoms with Gasteiger partial charge in [-0.15, -0.1) is 0 Å². The molecule has 0 bridgehead atoms. The maximum absolute atomic E-state index is 14.1. The maximum atomic E-state index is 14.1. The van der Waals surface area contributed by atoms with Crippen LogP contribution in [-0.4, -0.2) is 28.2 Å². The van der Waals surface area contributed by atoms with Crippen LogP contribution in [0.5, 0.6) is 11.5 Å². The van der Waals surface area contributed by atoms with Crippen LogP contribution >= 0.6 is 56.5 Å². The van der Waals surface area contributed by atoms with E-state index in [-0.39, 0.29) is 30.6 Å². The lowest BCUT2D eigenvalue weighted by molar-refractivity contribution is -0.384. The van der Waals surface area contributed by atoms with Gasteiger partial charge in [0.1, 0.15) is 24.1 Å². The summed E-state index contributed by atoms with van der Waals surface area (Å²) in [6.07, 6.45) is 1.68. The molecule has 10 nitrogen and oxygen atoms in total. The molecule has 46 heavy (non-hydrogen) atoms. The fourth-order valence-corrected chi connectivity index (χ4v) is 8.15. The molecule has 4 aromatic rings. The number of carbonyl (C=O) groups is 1. The van der Waals surface area contributed by atoms with Crippen molar-refractivity contribution in [1.82, 2.24) is 4.57 Å². The van der Waals surface area contributed by atoms with Crippen LogP contribution in [0.2, 0.25) is 0 Å². The number of halogens is 2. The third kappa shape index (κ3) is 7.20. The zero-order valence-electron chi connectivity index (χ0n) is 25.3. The number of nitrogens with zero attached hydrogens (tertiary/aromatic N) is 3. The molecule has 0 spiro atoms. The number of non-ortho nitro benzene ring substituents is 1. The summed E-state index contributed by atoms with van der Waals surface area (Å²) < 4.78 is 21.3. The Morgan fingerprint density at radius 2 is 1.80 bits per heavy atom. The lowest BCUT2D eigenvalue weighted by atomic mass is 9.95. The summed E-state index contributed by atoms with van der Waals surface area (Å²) in [5, 5.41) is 10.9. The van der Waals surface area contributed by atoms with Crippen LogP contribution in [0.1, 0.15) is 50.4 Å². The van der Waals surface area contributed by atoms with Gasteiger partial charge in [0.05, 0.1) is 40.6 Å². The van der Waals surface area contributed by atoms with E-state index in [2.05, 4.69) is 50.2 Å². The average Bonchev–Trinajstić information content (AvgIpc) is 3.30. The van der Waals surface area contributed by atoms with Crippen molar-refractivity contribution in [1.29, 1.82) is 0 Å². The second kappa shape index (κ2) is 14.5. The topological polar surface area (TPSA) is 122 Å². The minimum absolute atomic E-state index is 0.0224. The molecule has 1 aromatic heterocycles. The Balaban J connectivity index is 1.54. The molecule has 1 atom stereocenters. The number of ether oxygens (including phenoxy) is 3. The molecule has 3 aromatic carbocycles. The first-order chi connectivity index (χ1) is 22.0. The molecule has 1 aliphatic heterocycles. The summed E-state index contributed by atoms with van der Waals surface area (Å²) in [5.41, 5.74) is 2.77. The van der Waals surface area contributed by atoms with Crippen molar-refractivity contribution in [3.63, 3.8) is 0 Å². The lowest BCUT2D eigenvalue weighted by Crippen LogP contribution is -2.40. The van der Waals surface area contributed by atoms with Gasteiger partial charge < -0.3 is 14.2 Å². The van der Waals surface area contributed by atoms with Gasteiger partial charge in [0.2, 0.25) is 0 Å². The molecule has 0 radical (unpaired) electrons. The summed E-state index contributed by atoms with van der Waals surface area (Å²) in [6.45, 7) is 7.76. The second-order valence-electron chi connectivity index (χ2n) is 10.5. The molecule has 0 saturated carbocycles. The fourth-order valence-electron chi connectivity index (χ4n) is 4.97. The molecule has 2 heterocycles. The van der Waals surface area contributed by atoms with Gasteiger partial charge in [0, 0.05) is 17.7 Å². The molecule has 0 amide bonds. The fraction of sp³-hybridized carbons (Fsp3) is 0.242. The number of nitro benzene ring substituents is 1. The first kappa shape index (κ1) is 33.8. The number of esters is 1.